The number of amides is 2. The van der Waals surface area contributed by atoms with Gasteiger partial charge in [-0.05, 0) is 76.9 Å². The molecule has 2 saturated heterocycles. The largest absolute Gasteiger partial charge is 0.381 e. The van der Waals surface area contributed by atoms with Crippen molar-refractivity contribution in [1.29, 1.82) is 0 Å². The smallest absolute Gasteiger partial charge is 0.320 e. The monoisotopic (exact) mass is 411 g/mol. The molecule has 2 heterocycles. The molecule has 5 nitrogen and oxygen atoms in total. The minimum Gasteiger partial charge on any atom is -0.381 e. The molecule has 0 unspecified atom stereocenters. The quantitative estimate of drug-likeness (QED) is 0.732. The lowest BCUT2D eigenvalue weighted by molar-refractivity contribution is 0.0195. The van der Waals surface area contributed by atoms with E-state index < -0.39 is 0 Å². The van der Waals surface area contributed by atoms with E-state index >= 15 is 0 Å². The lowest BCUT2D eigenvalue weighted by Gasteiger charge is -2.51. The maximum absolute atomic E-state index is 13.6. The summed E-state index contributed by atoms with van der Waals surface area (Å²) in [5, 5.41) is 0. The van der Waals surface area contributed by atoms with Gasteiger partial charge in [0.15, 0.2) is 0 Å². The summed E-state index contributed by atoms with van der Waals surface area (Å²) in [6.45, 7) is 3.48. The van der Waals surface area contributed by atoms with Crippen molar-refractivity contribution in [3.63, 3.8) is 0 Å². The first kappa shape index (κ1) is 20.3. The topological polar surface area (TPSA) is 36.0 Å². The van der Waals surface area contributed by atoms with Gasteiger partial charge in [0.2, 0.25) is 0 Å². The zero-order chi connectivity index (χ0) is 20.8. The van der Waals surface area contributed by atoms with E-state index in [-0.39, 0.29) is 11.1 Å². The molecule has 0 aromatic heterocycles. The predicted molar refractivity (Wildman–Crippen MR) is 118 cm³/mol. The summed E-state index contributed by atoms with van der Waals surface area (Å²) in [5.74, 6) is 0.732. The van der Waals surface area contributed by atoms with E-state index in [0.717, 1.165) is 70.7 Å². The molecule has 5 heteroatoms. The van der Waals surface area contributed by atoms with Crippen LogP contribution in [0.3, 0.4) is 0 Å². The summed E-state index contributed by atoms with van der Waals surface area (Å²) in [4.78, 5) is 20.6. The first-order valence-corrected chi connectivity index (χ1v) is 11.9. The Morgan fingerprint density at radius 2 is 1.67 bits per heavy atom. The molecule has 5 rings (SSSR count). The molecule has 1 aromatic rings. The van der Waals surface area contributed by atoms with Crippen LogP contribution in [0, 0.1) is 5.92 Å². The summed E-state index contributed by atoms with van der Waals surface area (Å²) in [6.07, 6.45) is 8.98. The molecule has 4 aliphatic rings. The van der Waals surface area contributed by atoms with E-state index in [0.29, 0.717) is 12.1 Å². The van der Waals surface area contributed by atoms with Gasteiger partial charge in [-0.1, -0.05) is 30.3 Å². The van der Waals surface area contributed by atoms with E-state index in [9.17, 15) is 4.79 Å². The average Bonchev–Trinajstić information content (AvgIpc) is 3.57. The Hall–Kier alpha value is -1.59. The second-order valence-electron chi connectivity index (χ2n) is 10.3. The molecule has 30 heavy (non-hydrogen) atoms. The van der Waals surface area contributed by atoms with Gasteiger partial charge in [-0.2, -0.15) is 0 Å². The number of carbonyl (C=O) groups excluding carboxylic acids is 1. The molecule has 1 aromatic carbocycles. The number of hydrogen-bond donors (Lipinski definition) is 0. The average molecular weight is 412 g/mol. The van der Waals surface area contributed by atoms with Crippen LogP contribution in [0.2, 0.25) is 0 Å². The van der Waals surface area contributed by atoms with Gasteiger partial charge in [0.05, 0.1) is 5.54 Å². The van der Waals surface area contributed by atoms with E-state index in [4.69, 9.17) is 4.74 Å². The van der Waals surface area contributed by atoms with Gasteiger partial charge in [0.1, 0.15) is 0 Å². The van der Waals surface area contributed by atoms with Gasteiger partial charge in [-0.3, -0.25) is 4.90 Å². The van der Waals surface area contributed by atoms with Gasteiger partial charge < -0.3 is 14.5 Å². The minimum absolute atomic E-state index is 0.0201. The summed E-state index contributed by atoms with van der Waals surface area (Å²) < 4.78 is 5.58. The number of ether oxygens (including phenoxy) is 1. The molecule has 2 saturated carbocycles. The molecule has 0 N–H and O–H groups in total. The fraction of sp³-hybridized carbons (Fsp3) is 0.720. The number of rotatable bonds is 5. The van der Waals surface area contributed by atoms with Crippen molar-refractivity contribution in [1.82, 2.24) is 14.7 Å². The molecule has 2 aliphatic heterocycles. The molecule has 1 spiro atoms. The zero-order valence-electron chi connectivity index (χ0n) is 18.7. The molecule has 2 amide bonds. The molecule has 2 aliphatic carbocycles. The van der Waals surface area contributed by atoms with Crippen LogP contribution >= 0.6 is 0 Å². The minimum atomic E-state index is 0.0201. The zero-order valence-corrected chi connectivity index (χ0v) is 18.7. The van der Waals surface area contributed by atoms with Crippen molar-refractivity contribution >= 4 is 6.03 Å². The third-order valence-electron chi connectivity index (χ3n) is 8.46. The first-order valence-electron chi connectivity index (χ1n) is 11.9. The van der Waals surface area contributed by atoms with Crippen molar-refractivity contribution in [2.24, 2.45) is 5.92 Å². The fourth-order valence-corrected chi connectivity index (χ4v) is 6.24. The molecular weight excluding hydrogens is 374 g/mol. The van der Waals surface area contributed by atoms with Gasteiger partial charge >= 0.3 is 6.03 Å². The highest BCUT2D eigenvalue weighted by Crippen LogP contribution is 2.50. The van der Waals surface area contributed by atoms with Crippen LogP contribution in [-0.4, -0.2) is 72.7 Å². The second-order valence-corrected chi connectivity index (χ2v) is 10.3. The van der Waals surface area contributed by atoms with E-state index in [2.05, 4.69) is 59.1 Å². The predicted octanol–water partition coefficient (Wildman–Crippen LogP) is 4.08. The first-order chi connectivity index (χ1) is 14.5. The second kappa shape index (κ2) is 7.83. The van der Waals surface area contributed by atoms with Crippen LogP contribution in [0.25, 0.3) is 0 Å². The van der Waals surface area contributed by atoms with Crippen LogP contribution < -0.4 is 0 Å². The van der Waals surface area contributed by atoms with Crippen molar-refractivity contribution in [3.05, 3.63) is 35.9 Å². The molecule has 164 valence electrons. The van der Waals surface area contributed by atoms with Gasteiger partial charge in [-0.15, -0.1) is 0 Å². The highest BCUT2D eigenvalue weighted by molar-refractivity contribution is 5.79. The Morgan fingerprint density at radius 1 is 1.00 bits per heavy atom. The molecule has 0 atom stereocenters. The van der Waals surface area contributed by atoms with Gasteiger partial charge in [-0.25, -0.2) is 4.79 Å². The van der Waals surface area contributed by atoms with Crippen molar-refractivity contribution in [2.45, 2.75) is 68.5 Å². The standard InChI is InChI=1S/C25H37N3O2/c1-26(2)25(21-6-4-3-5-7-21)14-12-24(13-15-25)19-27(22-10-16-30-17-11-22)23(29)28(24)18-20-8-9-20/h3-7,20,22H,8-19H2,1-2H3. The Balaban J connectivity index is 1.40. The summed E-state index contributed by atoms with van der Waals surface area (Å²) >= 11 is 0. The van der Waals surface area contributed by atoms with E-state index in [1.54, 1.807) is 0 Å². The number of benzene rings is 1. The number of carbonyl (C=O) groups is 1. The SMILES string of the molecule is CN(C)C1(c2ccccc2)CCC2(CC1)CN(C1CCOCC1)C(=O)N2CC1CC1. The molecule has 0 bridgehead atoms. The van der Waals surface area contributed by atoms with Gasteiger partial charge in [0.25, 0.3) is 0 Å². The van der Waals surface area contributed by atoms with Crippen LogP contribution in [0.4, 0.5) is 4.79 Å². The number of hydrogen-bond acceptors (Lipinski definition) is 3. The lowest BCUT2D eigenvalue weighted by atomic mass is 9.68. The molecule has 4 fully saturated rings. The molecular formula is C25H37N3O2. The van der Waals surface area contributed by atoms with E-state index in [1.807, 2.05) is 0 Å². The summed E-state index contributed by atoms with van der Waals surface area (Å²) in [5.41, 5.74) is 1.52. The maximum Gasteiger partial charge on any atom is 0.320 e. The Morgan fingerprint density at radius 3 is 2.27 bits per heavy atom. The Bertz CT molecular complexity index is 747. The highest BCUT2D eigenvalue weighted by Gasteiger charge is 2.56. The van der Waals surface area contributed by atoms with Gasteiger partial charge in [0, 0.05) is 37.9 Å². The third kappa shape index (κ3) is 3.44. The van der Waals surface area contributed by atoms with Crippen molar-refractivity contribution < 1.29 is 9.53 Å². The third-order valence-corrected chi connectivity index (χ3v) is 8.46. The van der Waals surface area contributed by atoms with Crippen LogP contribution in [0.1, 0.15) is 56.9 Å². The van der Waals surface area contributed by atoms with Crippen molar-refractivity contribution in [2.75, 3.05) is 40.4 Å². The van der Waals surface area contributed by atoms with Crippen LogP contribution in [0.15, 0.2) is 30.3 Å². The number of nitrogens with zero attached hydrogens (tertiary/aromatic N) is 3. The number of urea groups is 1. The maximum atomic E-state index is 13.6. The van der Waals surface area contributed by atoms with Crippen LogP contribution in [-0.2, 0) is 10.3 Å². The van der Waals surface area contributed by atoms with E-state index in [1.165, 1.54) is 18.4 Å². The normalized spacial score (nSPS) is 33.1. The fourth-order valence-electron chi connectivity index (χ4n) is 6.24. The lowest BCUT2D eigenvalue weighted by Crippen LogP contribution is -2.55. The summed E-state index contributed by atoms with van der Waals surface area (Å²) in [6, 6.07) is 11.7. The van der Waals surface area contributed by atoms with Crippen LogP contribution in [0.5, 0.6) is 0 Å². The molecule has 0 radical (unpaired) electrons. The summed E-state index contributed by atoms with van der Waals surface area (Å²) in [7, 11) is 4.45. The van der Waals surface area contributed by atoms with Crippen molar-refractivity contribution in [3.8, 4) is 0 Å². The Labute approximate surface area is 181 Å². The highest BCUT2D eigenvalue weighted by atomic mass is 16.5. The Kier molecular flexibility index (Phi) is 5.30.